The van der Waals surface area contributed by atoms with E-state index in [2.05, 4.69) is 5.32 Å². The number of hydrogen-bond donors (Lipinski definition) is 1. The SMILES string of the molecule is Cc1cccc(C)c1NC(=O)c1c(Cl)cccc1Cl. The fourth-order valence-corrected chi connectivity index (χ4v) is 2.47. The number of aryl methyl sites for hydroxylation is 2. The highest BCUT2D eigenvalue weighted by Gasteiger charge is 2.16. The highest BCUT2D eigenvalue weighted by atomic mass is 35.5. The van der Waals surface area contributed by atoms with Crippen LogP contribution in [0.4, 0.5) is 5.69 Å². The summed E-state index contributed by atoms with van der Waals surface area (Å²) < 4.78 is 0. The fourth-order valence-electron chi connectivity index (χ4n) is 1.90. The zero-order valence-corrected chi connectivity index (χ0v) is 12.1. The summed E-state index contributed by atoms with van der Waals surface area (Å²) in [5.41, 5.74) is 3.09. The average molecular weight is 294 g/mol. The van der Waals surface area contributed by atoms with Gasteiger partial charge >= 0.3 is 0 Å². The molecule has 0 aliphatic rings. The van der Waals surface area contributed by atoms with Crippen LogP contribution in [0.2, 0.25) is 10.0 Å². The second-order valence-corrected chi connectivity index (χ2v) is 5.13. The van der Waals surface area contributed by atoms with Gasteiger partial charge in [-0.2, -0.15) is 0 Å². The quantitative estimate of drug-likeness (QED) is 0.841. The summed E-state index contributed by atoms with van der Waals surface area (Å²) in [5, 5.41) is 3.56. The molecule has 0 bridgehead atoms. The number of benzene rings is 2. The van der Waals surface area contributed by atoms with Gasteiger partial charge in [-0.15, -0.1) is 0 Å². The van der Waals surface area contributed by atoms with Crippen molar-refractivity contribution in [2.24, 2.45) is 0 Å². The molecular formula is C15H13Cl2NO. The van der Waals surface area contributed by atoms with Gasteiger partial charge in [-0.3, -0.25) is 4.79 Å². The highest BCUT2D eigenvalue weighted by Crippen LogP contribution is 2.27. The van der Waals surface area contributed by atoms with E-state index in [0.717, 1.165) is 16.8 Å². The predicted octanol–water partition coefficient (Wildman–Crippen LogP) is 4.86. The van der Waals surface area contributed by atoms with E-state index < -0.39 is 0 Å². The Kier molecular flexibility index (Phi) is 4.13. The monoisotopic (exact) mass is 293 g/mol. The first-order valence-electron chi connectivity index (χ1n) is 5.82. The molecule has 0 aromatic heterocycles. The Morgan fingerprint density at radius 1 is 0.947 bits per heavy atom. The van der Waals surface area contributed by atoms with E-state index in [9.17, 15) is 4.79 Å². The van der Waals surface area contributed by atoms with Gasteiger partial charge in [0.2, 0.25) is 0 Å². The van der Waals surface area contributed by atoms with Crippen LogP contribution in [-0.4, -0.2) is 5.91 Å². The molecule has 0 unspecified atom stereocenters. The van der Waals surface area contributed by atoms with Crippen LogP contribution in [0, 0.1) is 13.8 Å². The van der Waals surface area contributed by atoms with E-state index in [0.29, 0.717) is 15.6 Å². The summed E-state index contributed by atoms with van der Waals surface area (Å²) >= 11 is 12.0. The van der Waals surface area contributed by atoms with E-state index >= 15 is 0 Å². The fraction of sp³-hybridized carbons (Fsp3) is 0.133. The number of rotatable bonds is 2. The summed E-state index contributed by atoms with van der Waals surface area (Å²) in [6.45, 7) is 3.88. The number of carbonyl (C=O) groups excluding carboxylic acids is 1. The first-order valence-corrected chi connectivity index (χ1v) is 6.58. The minimum atomic E-state index is -0.298. The predicted molar refractivity (Wildman–Crippen MR) is 80.3 cm³/mol. The topological polar surface area (TPSA) is 29.1 Å². The summed E-state index contributed by atoms with van der Waals surface area (Å²) in [7, 11) is 0. The van der Waals surface area contributed by atoms with Crippen LogP contribution in [0.15, 0.2) is 36.4 Å². The first-order chi connectivity index (χ1) is 9.00. The van der Waals surface area contributed by atoms with Crippen LogP contribution in [0.5, 0.6) is 0 Å². The lowest BCUT2D eigenvalue weighted by molar-refractivity contribution is 0.102. The van der Waals surface area contributed by atoms with Crippen LogP contribution in [0.25, 0.3) is 0 Å². The molecule has 2 aromatic carbocycles. The summed E-state index contributed by atoms with van der Waals surface area (Å²) in [6.07, 6.45) is 0. The Labute approximate surface area is 122 Å². The number of anilines is 1. The van der Waals surface area contributed by atoms with Gasteiger partial charge in [-0.25, -0.2) is 0 Å². The van der Waals surface area contributed by atoms with Gasteiger partial charge in [0.1, 0.15) is 0 Å². The van der Waals surface area contributed by atoms with Crippen molar-refractivity contribution in [2.45, 2.75) is 13.8 Å². The van der Waals surface area contributed by atoms with Crippen molar-refractivity contribution in [1.82, 2.24) is 0 Å². The minimum Gasteiger partial charge on any atom is -0.321 e. The van der Waals surface area contributed by atoms with Gasteiger partial charge < -0.3 is 5.32 Å². The lowest BCUT2D eigenvalue weighted by Gasteiger charge is -2.12. The lowest BCUT2D eigenvalue weighted by atomic mass is 10.1. The second-order valence-electron chi connectivity index (χ2n) is 4.32. The van der Waals surface area contributed by atoms with Crippen molar-refractivity contribution in [3.8, 4) is 0 Å². The van der Waals surface area contributed by atoms with E-state index in [1.54, 1.807) is 18.2 Å². The molecule has 0 atom stereocenters. The third-order valence-electron chi connectivity index (χ3n) is 2.91. The number of nitrogens with one attached hydrogen (secondary N) is 1. The molecule has 0 fully saturated rings. The van der Waals surface area contributed by atoms with Crippen molar-refractivity contribution in [3.63, 3.8) is 0 Å². The molecular weight excluding hydrogens is 281 g/mol. The van der Waals surface area contributed by atoms with Crippen molar-refractivity contribution >= 4 is 34.8 Å². The van der Waals surface area contributed by atoms with Gasteiger partial charge in [0.15, 0.2) is 0 Å². The molecule has 0 saturated heterocycles. The molecule has 19 heavy (non-hydrogen) atoms. The van der Waals surface area contributed by atoms with Crippen LogP contribution >= 0.6 is 23.2 Å². The van der Waals surface area contributed by atoms with Crippen molar-refractivity contribution in [3.05, 3.63) is 63.1 Å². The van der Waals surface area contributed by atoms with Crippen molar-refractivity contribution in [1.29, 1.82) is 0 Å². The van der Waals surface area contributed by atoms with E-state index in [4.69, 9.17) is 23.2 Å². The number of para-hydroxylation sites is 1. The molecule has 0 aliphatic carbocycles. The molecule has 1 N–H and O–H groups in total. The van der Waals surface area contributed by atoms with Gasteiger partial charge in [-0.05, 0) is 37.1 Å². The Balaban J connectivity index is 2.37. The number of carbonyl (C=O) groups is 1. The normalized spacial score (nSPS) is 10.3. The largest absolute Gasteiger partial charge is 0.321 e. The van der Waals surface area contributed by atoms with Crippen LogP contribution < -0.4 is 5.32 Å². The number of hydrogen-bond acceptors (Lipinski definition) is 1. The Morgan fingerprint density at radius 2 is 1.42 bits per heavy atom. The molecule has 98 valence electrons. The molecule has 4 heteroatoms. The van der Waals surface area contributed by atoms with Crippen LogP contribution in [0.1, 0.15) is 21.5 Å². The highest BCUT2D eigenvalue weighted by molar-refractivity contribution is 6.40. The summed E-state index contributed by atoms with van der Waals surface area (Å²) in [5.74, 6) is -0.298. The molecule has 2 rings (SSSR count). The smallest absolute Gasteiger partial charge is 0.258 e. The summed E-state index contributed by atoms with van der Waals surface area (Å²) in [4.78, 5) is 12.3. The molecule has 0 radical (unpaired) electrons. The standard InChI is InChI=1S/C15H13Cl2NO/c1-9-5-3-6-10(2)14(9)18-15(19)13-11(16)7-4-8-12(13)17/h3-8H,1-2H3,(H,18,19). The molecule has 0 spiro atoms. The summed E-state index contributed by atoms with van der Waals surface area (Å²) in [6, 6.07) is 10.8. The Hall–Kier alpha value is -1.51. The minimum absolute atomic E-state index is 0.298. The maximum Gasteiger partial charge on any atom is 0.258 e. The van der Waals surface area contributed by atoms with Crippen LogP contribution in [-0.2, 0) is 0 Å². The maximum absolute atomic E-state index is 12.3. The Bertz CT molecular complexity index is 598. The van der Waals surface area contributed by atoms with Gasteiger partial charge in [0, 0.05) is 5.69 Å². The lowest BCUT2D eigenvalue weighted by Crippen LogP contribution is -2.14. The molecule has 0 aliphatic heterocycles. The van der Waals surface area contributed by atoms with Gasteiger partial charge in [-0.1, -0.05) is 47.5 Å². The number of amides is 1. The molecule has 2 nitrogen and oxygen atoms in total. The molecule has 0 heterocycles. The van der Waals surface area contributed by atoms with E-state index in [-0.39, 0.29) is 5.91 Å². The Morgan fingerprint density at radius 3 is 1.95 bits per heavy atom. The number of halogens is 2. The molecule has 1 amide bonds. The van der Waals surface area contributed by atoms with Crippen molar-refractivity contribution in [2.75, 3.05) is 5.32 Å². The third kappa shape index (κ3) is 2.91. The van der Waals surface area contributed by atoms with Gasteiger partial charge in [0.05, 0.1) is 15.6 Å². The van der Waals surface area contributed by atoms with E-state index in [1.165, 1.54) is 0 Å². The zero-order valence-electron chi connectivity index (χ0n) is 10.6. The first kappa shape index (κ1) is 13.9. The van der Waals surface area contributed by atoms with Crippen LogP contribution in [0.3, 0.4) is 0 Å². The third-order valence-corrected chi connectivity index (χ3v) is 3.54. The maximum atomic E-state index is 12.3. The van der Waals surface area contributed by atoms with Crippen molar-refractivity contribution < 1.29 is 4.79 Å². The van der Waals surface area contributed by atoms with E-state index in [1.807, 2.05) is 32.0 Å². The molecule has 2 aromatic rings. The molecule has 0 saturated carbocycles. The van der Waals surface area contributed by atoms with Gasteiger partial charge in [0.25, 0.3) is 5.91 Å². The zero-order chi connectivity index (χ0) is 14.0. The average Bonchev–Trinajstić information content (AvgIpc) is 2.34. The second kappa shape index (κ2) is 5.64.